The third-order valence-corrected chi connectivity index (χ3v) is 7.38. The maximum absolute atomic E-state index is 11.4. The van der Waals surface area contributed by atoms with E-state index >= 15 is 0 Å². The number of hydrogen-bond donors (Lipinski definition) is 1. The second kappa shape index (κ2) is 7.86. The molecule has 0 radical (unpaired) electrons. The van der Waals surface area contributed by atoms with Crippen LogP contribution in [-0.2, 0) is 11.3 Å². The molecule has 32 heavy (non-hydrogen) atoms. The Balaban J connectivity index is 1.17. The Hall–Kier alpha value is -2.97. The molecule has 0 aliphatic carbocycles. The number of pyridine rings is 1. The van der Waals surface area contributed by atoms with Gasteiger partial charge in [-0.05, 0) is 56.0 Å². The molecule has 164 valence electrons. The van der Waals surface area contributed by atoms with Crippen molar-refractivity contribution in [2.45, 2.75) is 57.3 Å². The van der Waals surface area contributed by atoms with Gasteiger partial charge in [0.25, 0.3) is 5.19 Å². The molecule has 1 amide bonds. The average molecular weight is 449 g/mol. The molecule has 3 atom stereocenters. The number of piperidine rings is 1. The molecule has 8 heteroatoms. The Labute approximate surface area is 189 Å². The summed E-state index contributed by atoms with van der Waals surface area (Å²) in [6.45, 7) is 2.41. The van der Waals surface area contributed by atoms with E-state index in [9.17, 15) is 4.79 Å². The molecule has 2 bridgehead atoms. The number of carbonyl (C=O) groups is 1. The van der Waals surface area contributed by atoms with E-state index in [2.05, 4.69) is 26.3 Å². The van der Waals surface area contributed by atoms with Crippen LogP contribution in [0.4, 0.5) is 0 Å². The van der Waals surface area contributed by atoms with Gasteiger partial charge in [-0.15, -0.1) is 0 Å². The van der Waals surface area contributed by atoms with Gasteiger partial charge in [0, 0.05) is 42.7 Å². The summed E-state index contributed by atoms with van der Waals surface area (Å²) in [4.78, 5) is 23.7. The van der Waals surface area contributed by atoms with Gasteiger partial charge in [0.05, 0.1) is 6.54 Å². The number of thiazole rings is 1. The maximum atomic E-state index is 11.4. The third-order valence-electron chi connectivity index (χ3n) is 6.52. The van der Waals surface area contributed by atoms with Crippen LogP contribution in [0.3, 0.4) is 0 Å². The number of benzene rings is 1. The minimum absolute atomic E-state index is 0.0697. The lowest BCUT2D eigenvalue weighted by atomic mass is 9.97. The molecule has 2 fully saturated rings. The van der Waals surface area contributed by atoms with Gasteiger partial charge in [-0.3, -0.25) is 9.69 Å². The zero-order valence-corrected chi connectivity index (χ0v) is 18.6. The van der Waals surface area contributed by atoms with Crippen LogP contribution in [0.25, 0.3) is 21.3 Å². The van der Waals surface area contributed by atoms with Gasteiger partial charge in [0.15, 0.2) is 0 Å². The van der Waals surface area contributed by atoms with Gasteiger partial charge in [-0.1, -0.05) is 11.3 Å². The molecule has 0 saturated carbocycles. The van der Waals surface area contributed by atoms with Crippen molar-refractivity contribution in [1.82, 2.24) is 20.2 Å². The molecule has 1 aromatic carbocycles. The van der Waals surface area contributed by atoms with E-state index in [-0.39, 0.29) is 5.91 Å². The third kappa shape index (κ3) is 3.73. The van der Waals surface area contributed by atoms with Gasteiger partial charge >= 0.3 is 0 Å². The Morgan fingerprint density at radius 3 is 2.88 bits per heavy atom. The molecule has 2 aliphatic rings. The number of hydrogen-bond acceptors (Lipinski definition) is 7. The SMILES string of the molecule is CC(=O)N[C@H]1C[C@H]2CC[C@@H](C1)N2Cc1cc2ccc(Oc3nc4cccnc4s3)cc2o1. The first-order valence-electron chi connectivity index (χ1n) is 11.1. The molecular formula is C24H24N4O3S. The quantitative estimate of drug-likeness (QED) is 0.470. The highest BCUT2D eigenvalue weighted by atomic mass is 32.1. The van der Waals surface area contributed by atoms with Gasteiger partial charge in [-0.25, -0.2) is 9.97 Å². The van der Waals surface area contributed by atoms with E-state index in [1.807, 2.05) is 30.3 Å². The van der Waals surface area contributed by atoms with Gasteiger partial charge < -0.3 is 14.5 Å². The largest absolute Gasteiger partial charge is 0.460 e. The van der Waals surface area contributed by atoms with Crippen molar-refractivity contribution in [2.24, 2.45) is 0 Å². The fourth-order valence-corrected chi connectivity index (χ4v) is 6.00. The first-order valence-corrected chi connectivity index (χ1v) is 11.9. The van der Waals surface area contributed by atoms with Crippen LogP contribution in [0.5, 0.6) is 10.9 Å². The maximum Gasteiger partial charge on any atom is 0.281 e. The van der Waals surface area contributed by atoms with Gasteiger partial charge in [0.1, 0.15) is 27.4 Å². The molecule has 4 aromatic rings. The van der Waals surface area contributed by atoms with Crippen molar-refractivity contribution in [3.8, 4) is 10.9 Å². The molecule has 5 heterocycles. The summed E-state index contributed by atoms with van der Waals surface area (Å²) in [6, 6.07) is 13.1. The smallest absolute Gasteiger partial charge is 0.281 e. The van der Waals surface area contributed by atoms with E-state index in [4.69, 9.17) is 9.15 Å². The number of ether oxygens (including phenoxy) is 1. The number of nitrogens with zero attached hydrogens (tertiary/aromatic N) is 3. The van der Waals surface area contributed by atoms with Gasteiger partial charge in [0.2, 0.25) is 5.91 Å². The molecule has 1 N–H and O–H groups in total. The second-order valence-corrected chi connectivity index (χ2v) is 9.69. The Morgan fingerprint density at radius 2 is 2.09 bits per heavy atom. The predicted octanol–water partition coefficient (Wildman–Crippen LogP) is 4.86. The van der Waals surface area contributed by atoms with Gasteiger partial charge in [-0.2, -0.15) is 0 Å². The summed E-state index contributed by atoms with van der Waals surface area (Å²) in [5, 5.41) is 4.75. The number of nitrogens with one attached hydrogen (secondary N) is 1. The molecule has 2 aliphatic heterocycles. The minimum Gasteiger partial charge on any atom is -0.460 e. The second-order valence-electron chi connectivity index (χ2n) is 8.75. The number of rotatable bonds is 5. The predicted molar refractivity (Wildman–Crippen MR) is 123 cm³/mol. The standard InChI is InChI=1S/C24H24N4O3S/c1-14(29)26-16-10-17-5-6-18(11-16)28(17)13-20-9-15-4-7-19(12-22(15)30-20)31-24-27-21-3-2-8-25-23(21)32-24/h2-4,7-9,12,16-18H,5-6,10-11,13H2,1H3,(H,26,29)/t16-,17+,18-. The zero-order chi connectivity index (χ0) is 21.7. The van der Waals surface area contributed by atoms with Crippen molar-refractivity contribution in [1.29, 1.82) is 0 Å². The molecule has 6 rings (SSSR count). The Kier molecular flexibility index (Phi) is 4.84. The number of furan rings is 1. The van der Waals surface area contributed by atoms with Crippen molar-refractivity contribution in [2.75, 3.05) is 0 Å². The lowest BCUT2D eigenvalue weighted by Gasteiger charge is -2.38. The monoisotopic (exact) mass is 448 g/mol. The van der Waals surface area contributed by atoms with Crippen LogP contribution in [0.2, 0.25) is 0 Å². The fourth-order valence-electron chi connectivity index (χ4n) is 5.22. The van der Waals surface area contributed by atoms with E-state index < -0.39 is 0 Å². The minimum atomic E-state index is 0.0697. The van der Waals surface area contributed by atoms with Crippen LogP contribution in [0.1, 0.15) is 38.4 Å². The summed E-state index contributed by atoms with van der Waals surface area (Å²) >= 11 is 1.43. The highest BCUT2D eigenvalue weighted by Gasteiger charge is 2.41. The van der Waals surface area contributed by atoms with Crippen molar-refractivity contribution in [3.63, 3.8) is 0 Å². The summed E-state index contributed by atoms with van der Waals surface area (Å²) in [5.41, 5.74) is 1.66. The Morgan fingerprint density at radius 1 is 1.25 bits per heavy atom. The van der Waals surface area contributed by atoms with Crippen LogP contribution in [0.15, 0.2) is 47.0 Å². The molecule has 2 saturated heterocycles. The van der Waals surface area contributed by atoms with E-state index in [0.29, 0.717) is 29.1 Å². The summed E-state index contributed by atoms with van der Waals surface area (Å²) < 4.78 is 12.2. The van der Waals surface area contributed by atoms with E-state index in [1.54, 1.807) is 13.1 Å². The van der Waals surface area contributed by atoms with E-state index in [0.717, 1.165) is 46.5 Å². The molecule has 7 nitrogen and oxygen atoms in total. The van der Waals surface area contributed by atoms with E-state index in [1.165, 1.54) is 24.2 Å². The number of amides is 1. The number of fused-ring (bicyclic) bond motifs is 4. The number of carbonyl (C=O) groups excluding carboxylic acids is 1. The van der Waals surface area contributed by atoms with Crippen LogP contribution in [0, 0.1) is 0 Å². The van der Waals surface area contributed by atoms with Crippen LogP contribution >= 0.6 is 11.3 Å². The average Bonchev–Trinajstić information content (AvgIpc) is 3.41. The summed E-state index contributed by atoms with van der Waals surface area (Å²) in [7, 11) is 0. The first kappa shape index (κ1) is 19.7. The van der Waals surface area contributed by atoms with Crippen molar-refractivity contribution >= 4 is 38.6 Å². The first-order chi connectivity index (χ1) is 15.6. The summed E-state index contributed by atoms with van der Waals surface area (Å²) in [5.74, 6) is 1.74. The van der Waals surface area contributed by atoms with Crippen LogP contribution < -0.4 is 10.1 Å². The Bertz CT molecular complexity index is 1250. The normalized spacial score (nSPS) is 23.1. The lowest BCUT2D eigenvalue weighted by Crippen LogP contribution is -2.49. The number of aromatic nitrogens is 2. The molecule has 0 unspecified atom stereocenters. The lowest BCUT2D eigenvalue weighted by molar-refractivity contribution is -0.120. The highest BCUT2D eigenvalue weighted by molar-refractivity contribution is 7.19. The van der Waals surface area contributed by atoms with Crippen molar-refractivity contribution in [3.05, 3.63) is 48.4 Å². The van der Waals surface area contributed by atoms with Crippen molar-refractivity contribution < 1.29 is 13.9 Å². The van der Waals surface area contributed by atoms with Crippen LogP contribution in [-0.4, -0.2) is 38.9 Å². The highest BCUT2D eigenvalue weighted by Crippen LogP contribution is 2.38. The fraction of sp³-hybridized carbons (Fsp3) is 0.375. The topological polar surface area (TPSA) is 80.5 Å². The molecule has 3 aromatic heterocycles. The zero-order valence-electron chi connectivity index (χ0n) is 17.8. The molecular weight excluding hydrogens is 424 g/mol. The summed E-state index contributed by atoms with van der Waals surface area (Å²) in [6.07, 6.45) is 6.18. The molecule has 0 spiro atoms.